The maximum Gasteiger partial charge on any atom is 0.137 e. The monoisotopic (exact) mass is 251 g/mol. The number of benzene rings is 1. The van der Waals surface area contributed by atoms with Gasteiger partial charge in [0.2, 0.25) is 0 Å². The molecule has 2 bridgehead atoms. The Balaban J connectivity index is 1.80. The third-order valence-electron chi connectivity index (χ3n) is 4.46. The fourth-order valence-electron chi connectivity index (χ4n) is 3.86. The molecule has 0 aromatic heterocycles. The summed E-state index contributed by atoms with van der Waals surface area (Å²) in [5.41, 5.74) is 2.41. The van der Waals surface area contributed by atoms with Gasteiger partial charge in [0.15, 0.2) is 0 Å². The van der Waals surface area contributed by atoms with Gasteiger partial charge in [-0.2, -0.15) is 0 Å². The summed E-state index contributed by atoms with van der Waals surface area (Å²) < 4.78 is 5.30. The minimum absolute atomic E-state index is 0.425. The lowest BCUT2D eigenvalue weighted by Gasteiger charge is -2.71. The molecule has 0 radical (unpaired) electrons. The van der Waals surface area contributed by atoms with Gasteiger partial charge in [0, 0.05) is 6.54 Å². The third-order valence-corrected chi connectivity index (χ3v) is 4.77. The molecule has 0 spiro atoms. The first-order valence-corrected chi connectivity index (χ1v) is 6.50. The third kappa shape index (κ3) is 1.50. The molecule has 0 atom stereocenters. The number of nitrogens with one attached hydrogen (secondary N) is 1. The van der Waals surface area contributed by atoms with Gasteiger partial charge in [-0.1, -0.05) is 17.7 Å². The summed E-state index contributed by atoms with van der Waals surface area (Å²) in [5, 5.41) is 4.00. The molecule has 0 saturated heterocycles. The van der Waals surface area contributed by atoms with E-state index in [9.17, 15) is 0 Å². The topological polar surface area (TPSA) is 21.3 Å². The SMILES string of the molecule is CNCC12CC(c3ccc(Cl)c(OC)c3)(C1)C2. The molecule has 92 valence electrons. The van der Waals surface area contributed by atoms with Crippen LogP contribution < -0.4 is 10.1 Å². The first kappa shape index (κ1) is 11.4. The highest BCUT2D eigenvalue weighted by Crippen LogP contribution is 2.73. The first-order chi connectivity index (χ1) is 8.13. The number of methoxy groups -OCH3 is 1. The zero-order valence-electron chi connectivity index (χ0n) is 10.3. The van der Waals surface area contributed by atoms with E-state index in [4.69, 9.17) is 16.3 Å². The van der Waals surface area contributed by atoms with Gasteiger partial charge in [-0.25, -0.2) is 0 Å². The molecule has 4 rings (SSSR count). The summed E-state index contributed by atoms with van der Waals surface area (Å²) in [6.45, 7) is 1.15. The molecule has 1 aromatic carbocycles. The van der Waals surface area contributed by atoms with Crippen molar-refractivity contribution in [3.8, 4) is 5.75 Å². The molecule has 3 heteroatoms. The number of halogens is 1. The Morgan fingerprint density at radius 3 is 2.65 bits per heavy atom. The molecule has 3 fully saturated rings. The Morgan fingerprint density at radius 2 is 2.06 bits per heavy atom. The largest absolute Gasteiger partial charge is 0.495 e. The van der Waals surface area contributed by atoms with Crippen molar-refractivity contribution in [2.24, 2.45) is 5.41 Å². The Morgan fingerprint density at radius 1 is 1.35 bits per heavy atom. The standard InChI is InChI=1S/C14H18ClNO/c1-16-9-13-6-14(7-13,8-13)10-3-4-11(15)12(5-10)17-2/h3-5,16H,6-9H2,1-2H3. The first-order valence-electron chi connectivity index (χ1n) is 6.12. The van der Waals surface area contributed by atoms with E-state index in [0.29, 0.717) is 15.9 Å². The number of ether oxygens (including phenoxy) is 1. The molecule has 2 nitrogen and oxygen atoms in total. The van der Waals surface area contributed by atoms with Gasteiger partial charge in [0.05, 0.1) is 12.1 Å². The fraction of sp³-hybridized carbons (Fsp3) is 0.571. The second kappa shape index (κ2) is 3.63. The molecule has 17 heavy (non-hydrogen) atoms. The highest BCUT2D eigenvalue weighted by atomic mass is 35.5. The molecule has 3 aliphatic rings. The average Bonchev–Trinajstić information content (AvgIpc) is 2.22. The fourth-order valence-corrected chi connectivity index (χ4v) is 4.05. The van der Waals surface area contributed by atoms with Crippen LogP contribution >= 0.6 is 11.6 Å². The molecule has 3 aliphatic carbocycles. The van der Waals surface area contributed by atoms with E-state index < -0.39 is 0 Å². The normalized spacial score (nSPS) is 33.8. The van der Waals surface area contributed by atoms with Crippen molar-refractivity contribution in [3.63, 3.8) is 0 Å². The maximum atomic E-state index is 6.06. The lowest BCUT2D eigenvalue weighted by atomic mass is 9.33. The maximum absolute atomic E-state index is 6.06. The molecule has 0 aliphatic heterocycles. The van der Waals surface area contributed by atoms with Crippen molar-refractivity contribution >= 4 is 11.6 Å². The highest BCUT2D eigenvalue weighted by Gasteiger charge is 2.67. The van der Waals surface area contributed by atoms with Gasteiger partial charge < -0.3 is 10.1 Å². The predicted octanol–water partition coefficient (Wildman–Crippen LogP) is 2.99. The lowest BCUT2D eigenvalue weighted by molar-refractivity contribution is -0.137. The van der Waals surface area contributed by atoms with Crippen molar-refractivity contribution in [3.05, 3.63) is 28.8 Å². The van der Waals surface area contributed by atoms with Crippen molar-refractivity contribution in [1.82, 2.24) is 5.32 Å². The van der Waals surface area contributed by atoms with Crippen LogP contribution in [0.3, 0.4) is 0 Å². The zero-order chi connectivity index (χ0) is 12.1. The van der Waals surface area contributed by atoms with Crippen LogP contribution in [0, 0.1) is 5.41 Å². The summed E-state index contributed by atoms with van der Waals surface area (Å²) >= 11 is 6.06. The minimum Gasteiger partial charge on any atom is -0.495 e. The van der Waals surface area contributed by atoms with Crippen LogP contribution in [0.4, 0.5) is 0 Å². The smallest absolute Gasteiger partial charge is 0.137 e. The number of hydrogen-bond donors (Lipinski definition) is 1. The van der Waals surface area contributed by atoms with Crippen molar-refractivity contribution in [1.29, 1.82) is 0 Å². The summed E-state index contributed by atoms with van der Waals surface area (Å²) in [6.07, 6.45) is 3.93. The zero-order valence-corrected chi connectivity index (χ0v) is 11.1. The van der Waals surface area contributed by atoms with E-state index >= 15 is 0 Å². The second-order valence-electron chi connectivity index (χ2n) is 5.69. The van der Waals surface area contributed by atoms with E-state index in [2.05, 4.69) is 17.4 Å². The van der Waals surface area contributed by atoms with Crippen LogP contribution in [0.5, 0.6) is 5.75 Å². The van der Waals surface area contributed by atoms with Gasteiger partial charge in [0.1, 0.15) is 5.75 Å². The average molecular weight is 252 g/mol. The molecule has 1 aromatic rings. The molecule has 0 unspecified atom stereocenters. The Labute approximate surface area is 107 Å². The van der Waals surface area contributed by atoms with Crippen molar-refractivity contribution < 1.29 is 4.74 Å². The molecular weight excluding hydrogens is 234 g/mol. The van der Waals surface area contributed by atoms with Gasteiger partial charge in [-0.05, 0) is 54.8 Å². The van der Waals surface area contributed by atoms with E-state index in [1.165, 1.54) is 24.8 Å². The summed E-state index contributed by atoms with van der Waals surface area (Å²) in [7, 11) is 3.72. The summed E-state index contributed by atoms with van der Waals surface area (Å²) in [6, 6.07) is 6.24. The van der Waals surface area contributed by atoms with Crippen LogP contribution in [0.1, 0.15) is 24.8 Å². The Bertz CT molecular complexity index is 438. The summed E-state index contributed by atoms with van der Waals surface area (Å²) in [4.78, 5) is 0. The molecule has 0 heterocycles. The molecular formula is C14H18ClNO. The molecule has 0 amide bonds. The van der Waals surface area contributed by atoms with E-state index in [-0.39, 0.29) is 0 Å². The summed E-state index contributed by atoms with van der Waals surface area (Å²) in [5.74, 6) is 0.802. The van der Waals surface area contributed by atoms with E-state index in [1.807, 2.05) is 13.1 Å². The van der Waals surface area contributed by atoms with Gasteiger partial charge in [-0.15, -0.1) is 0 Å². The molecule has 1 N–H and O–H groups in total. The van der Waals surface area contributed by atoms with E-state index in [1.54, 1.807) is 7.11 Å². The Kier molecular flexibility index (Phi) is 2.43. The van der Waals surface area contributed by atoms with Crippen LogP contribution in [-0.4, -0.2) is 20.7 Å². The van der Waals surface area contributed by atoms with Gasteiger partial charge in [0.25, 0.3) is 0 Å². The second-order valence-corrected chi connectivity index (χ2v) is 6.10. The number of hydrogen-bond acceptors (Lipinski definition) is 2. The van der Waals surface area contributed by atoms with Gasteiger partial charge >= 0.3 is 0 Å². The van der Waals surface area contributed by atoms with E-state index in [0.717, 1.165) is 12.3 Å². The quantitative estimate of drug-likeness (QED) is 0.888. The van der Waals surface area contributed by atoms with Crippen molar-refractivity contribution in [2.75, 3.05) is 20.7 Å². The van der Waals surface area contributed by atoms with Crippen LogP contribution in [0.2, 0.25) is 5.02 Å². The van der Waals surface area contributed by atoms with Crippen molar-refractivity contribution in [2.45, 2.75) is 24.7 Å². The van der Waals surface area contributed by atoms with Gasteiger partial charge in [-0.3, -0.25) is 0 Å². The number of rotatable bonds is 4. The lowest BCUT2D eigenvalue weighted by Crippen LogP contribution is -2.67. The van der Waals surface area contributed by atoms with Crippen LogP contribution in [-0.2, 0) is 5.41 Å². The van der Waals surface area contributed by atoms with Crippen LogP contribution in [0.25, 0.3) is 0 Å². The highest BCUT2D eigenvalue weighted by molar-refractivity contribution is 6.32. The molecule has 3 saturated carbocycles. The predicted molar refractivity (Wildman–Crippen MR) is 69.9 cm³/mol. The Hall–Kier alpha value is -0.730. The van der Waals surface area contributed by atoms with Crippen LogP contribution in [0.15, 0.2) is 18.2 Å². The minimum atomic E-state index is 0.425.